The molecule has 0 atom stereocenters. The molecule has 0 spiro atoms. The van der Waals surface area contributed by atoms with E-state index in [1.807, 2.05) is 6.92 Å². The predicted octanol–water partition coefficient (Wildman–Crippen LogP) is 2.69. The number of ether oxygens (including phenoxy) is 1. The van der Waals surface area contributed by atoms with Crippen LogP contribution in [0.3, 0.4) is 0 Å². The molecule has 0 bridgehead atoms. The molecule has 11 heteroatoms. The summed E-state index contributed by atoms with van der Waals surface area (Å²) in [7, 11) is 0. The molecule has 0 aromatic carbocycles. The number of hydrogen-bond donors (Lipinski definition) is 1. The van der Waals surface area contributed by atoms with Crippen LogP contribution in [0.4, 0.5) is 18.9 Å². The summed E-state index contributed by atoms with van der Waals surface area (Å²) in [5.41, 5.74) is -0.753. The predicted molar refractivity (Wildman–Crippen MR) is 79.5 cm³/mol. The van der Waals surface area contributed by atoms with E-state index in [1.54, 1.807) is 0 Å². The normalized spacial score (nSPS) is 11.8. The Bertz CT molecular complexity index is 726. The molecule has 7 nitrogen and oxygen atoms in total. The maximum absolute atomic E-state index is 12.7. The summed E-state index contributed by atoms with van der Waals surface area (Å²) in [5, 5.41) is 9.34. The second-order valence-electron chi connectivity index (χ2n) is 4.84. The molecule has 0 saturated carbocycles. The molecule has 2 heterocycles. The van der Waals surface area contributed by atoms with Crippen molar-refractivity contribution >= 4 is 23.2 Å². The summed E-state index contributed by atoms with van der Waals surface area (Å²) in [6.45, 7) is 3.53. The molecule has 0 aliphatic carbocycles. The van der Waals surface area contributed by atoms with Crippen LogP contribution in [0.2, 0.25) is 5.02 Å². The fourth-order valence-corrected chi connectivity index (χ4v) is 2.12. The molecule has 0 radical (unpaired) electrons. The average Bonchev–Trinajstić information content (AvgIpc) is 3.04. The number of hydrogen-bond acceptors (Lipinski definition) is 4. The number of aromatic nitrogens is 4. The molecule has 0 fully saturated rings. The second kappa shape index (κ2) is 7.22. The van der Waals surface area contributed by atoms with Gasteiger partial charge in [0.05, 0.1) is 28.8 Å². The molecule has 2 aromatic heterocycles. The van der Waals surface area contributed by atoms with Crippen molar-refractivity contribution in [2.45, 2.75) is 33.3 Å². The lowest BCUT2D eigenvalue weighted by molar-refractivity contribution is -0.141. The number of amides is 1. The van der Waals surface area contributed by atoms with Gasteiger partial charge >= 0.3 is 6.18 Å². The van der Waals surface area contributed by atoms with Crippen LogP contribution in [-0.4, -0.2) is 32.1 Å². The van der Waals surface area contributed by atoms with E-state index in [0.29, 0.717) is 12.3 Å². The van der Waals surface area contributed by atoms with Gasteiger partial charge in [-0.1, -0.05) is 11.6 Å². The third-order valence-corrected chi connectivity index (χ3v) is 3.49. The molecule has 1 amide bonds. The highest BCUT2D eigenvalue weighted by Crippen LogP contribution is 2.35. The fourth-order valence-electron chi connectivity index (χ4n) is 1.88. The first-order chi connectivity index (χ1) is 11.2. The molecule has 0 aliphatic rings. The van der Waals surface area contributed by atoms with Crippen molar-refractivity contribution in [1.29, 1.82) is 0 Å². The molecule has 24 heavy (non-hydrogen) atoms. The van der Waals surface area contributed by atoms with Gasteiger partial charge in [-0.15, -0.1) is 0 Å². The summed E-state index contributed by atoms with van der Waals surface area (Å²) in [6, 6.07) is 0. The van der Waals surface area contributed by atoms with Crippen molar-refractivity contribution in [3.05, 3.63) is 28.8 Å². The molecular formula is C13H15ClF3N5O2. The second-order valence-corrected chi connectivity index (χ2v) is 5.22. The van der Waals surface area contributed by atoms with Gasteiger partial charge in [0.15, 0.2) is 5.69 Å². The maximum Gasteiger partial charge on any atom is 0.436 e. The van der Waals surface area contributed by atoms with Crippen LogP contribution in [0.1, 0.15) is 18.3 Å². The summed E-state index contributed by atoms with van der Waals surface area (Å²) in [6.07, 6.45) is -1.73. The standard InChI is InChI=1S/C13H15ClF3N5O2/c1-3-24-7-21-5-9(4-18-21)19-10(23)6-22-8(2)11(14)12(20-22)13(15,16)17/h4-5H,3,6-7H2,1-2H3,(H,19,23). The fraction of sp³-hybridized carbons (Fsp3) is 0.462. The molecule has 0 saturated heterocycles. The zero-order valence-electron chi connectivity index (χ0n) is 12.9. The van der Waals surface area contributed by atoms with E-state index in [2.05, 4.69) is 15.5 Å². The van der Waals surface area contributed by atoms with Gasteiger partial charge in [0.25, 0.3) is 0 Å². The number of carbonyl (C=O) groups excluding carboxylic acids is 1. The Kier molecular flexibility index (Phi) is 5.50. The molecule has 2 aromatic rings. The van der Waals surface area contributed by atoms with Crippen LogP contribution < -0.4 is 5.32 Å². The van der Waals surface area contributed by atoms with E-state index < -0.39 is 29.3 Å². The van der Waals surface area contributed by atoms with Gasteiger partial charge in [-0.05, 0) is 13.8 Å². The Labute approximate surface area is 140 Å². The Hall–Kier alpha value is -2.07. The Morgan fingerprint density at radius 3 is 2.75 bits per heavy atom. The number of alkyl halides is 3. The number of halogens is 4. The Morgan fingerprint density at radius 2 is 2.17 bits per heavy atom. The summed E-state index contributed by atoms with van der Waals surface area (Å²) in [5.74, 6) is -0.554. The van der Waals surface area contributed by atoms with E-state index in [-0.39, 0.29) is 12.4 Å². The number of rotatable bonds is 6. The lowest BCUT2D eigenvalue weighted by Crippen LogP contribution is -2.20. The van der Waals surface area contributed by atoms with Crippen LogP contribution in [0.15, 0.2) is 12.4 Å². The smallest absolute Gasteiger partial charge is 0.360 e. The Balaban J connectivity index is 2.04. The molecule has 0 unspecified atom stereocenters. The first kappa shape index (κ1) is 18.3. The Morgan fingerprint density at radius 1 is 1.46 bits per heavy atom. The van der Waals surface area contributed by atoms with Crippen molar-refractivity contribution in [3.8, 4) is 0 Å². The SMILES string of the molecule is CCOCn1cc(NC(=O)Cn2nc(C(F)(F)F)c(Cl)c2C)cn1. The van der Waals surface area contributed by atoms with Crippen molar-refractivity contribution in [1.82, 2.24) is 19.6 Å². The maximum atomic E-state index is 12.7. The molecule has 1 N–H and O–H groups in total. The van der Waals surface area contributed by atoms with Crippen LogP contribution >= 0.6 is 11.6 Å². The zero-order valence-corrected chi connectivity index (χ0v) is 13.6. The minimum Gasteiger partial charge on any atom is -0.360 e. The molecule has 2 rings (SSSR count). The van der Waals surface area contributed by atoms with E-state index in [4.69, 9.17) is 16.3 Å². The lowest BCUT2D eigenvalue weighted by Gasteiger charge is -2.05. The summed E-state index contributed by atoms with van der Waals surface area (Å²) >= 11 is 5.63. The van der Waals surface area contributed by atoms with E-state index in [1.165, 1.54) is 24.0 Å². The topological polar surface area (TPSA) is 74.0 Å². The first-order valence-electron chi connectivity index (χ1n) is 6.92. The lowest BCUT2D eigenvalue weighted by atomic mass is 10.3. The van der Waals surface area contributed by atoms with E-state index in [9.17, 15) is 18.0 Å². The average molecular weight is 366 g/mol. The third-order valence-electron chi connectivity index (χ3n) is 3.04. The summed E-state index contributed by atoms with van der Waals surface area (Å²) < 4.78 is 45.8. The number of anilines is 1. The van der Waals surface area contributed by atoms with Gasteiger partial charge in [0, 0.05) is 6.61 Å². The highest BCUT2D eigenvalue weighted by atomic mass is 35.5. The van der Waals surface area contributed by atoms with Gasteiger partial charge in [-0.2, -0.15) is 23.4 Å². The molecule has 132 valence electrons. The van der Waals surface area contributed by atoms with Gasteiger partial charge in [-0.3, -0.25) is 9.48 Å². The van der Waals surface area contributed by atoms with Crippen molar-refractivity contribution in [2.75, 3.05) is 11.9 Å². The quantitative estimate of drug-likeness (QED) is 0.854. The number of carbonyl (C=O) groups is 1. The third kappa shape index (κ3) is 4.26. The highest BCUT2D eigenvalue weighted by molar-refractivity contribution is 6.32. The minimum atomic E-state index is -4.68. The number of nitrogens with one attached hydrogen (secondary N) is 1. The minimum absolute atomic E-state index is 0.0613. The van der Waals surface area contributed by atoms with Crippen LogP contribution in [0, 0.1) is 6.92 Å². The van der Waals surface area contributed by atoms with E-state index in [0.717, 1.165) is 4.68 Å². The van der Waals surface area contributed by atoms with Crippen LogP contribution in [-0.2, 0) is 29.0 Å². The van der Waals surface area contributed by atoms with Gasteiger partial charge < -0.3 is 10.1 Å². The van der Waals surface area contributed by atoms with Crippen LogP contribution in [0.5, 0.6) is 0 Å². The van der Waals surface area contributed by atoms with Gasteiger partial charge in [0.1, 0.15) is 13.3 Å². The monoisotopic (exact) mass is 365 g/mol. The van der Waals surface area contributed by atoms with Gasteiger partial charge in [-0.25, -0.2) is 4.68 Å². The van der Waals surface area contributed by atoms with Crippen LogP contribution in [0.25, 0.3) is 0 Å². The molecule has 0 aliphatic heterocycles. The summed E-state index contributed by atoms with van der Waals surface area (Å²) in [4.78, 5) is 12.0. The highest BCUT2D eigenvalue weighted by Gasteiger charge is 2.38. The molecular weight excluding hydrogens is 351 g/mol. The van der Waals surface area contributed by atoms with Crippen molar-refractivity contribution < 1.29 is 22.7 Å². The van der Waals surface area contributed by atoms with Crippen molar-refractivity contribution in [2.24, 2.45) is 0 Å². The van der Waals surface area contributed by atoms with Crippen molar-refractivity contribution in [3.63, 3.8) is 0 Å². The van der Waals surface area contributed by atoms with E-state index >= 15 is 0 Å². The van der Waals surface area contributed by atoms with Gasteiger partial charge in [0.2, 0.25) is 5.91 Å². The first-order valence-corrected chi connectivity index (χ1v) is 7.30. The number of nitrogens with zero attached hydrogens (tertiary/aromatic N) is 4. The zero-order chi connectivity index (χ0) is 17.9. The largest absolute Gasteiger partial charge is 0.436 e.